The number of pyridine rings is 1. The summed E-state index contributed by atoms with van der Waals surface area (Å²) in [5.41, 5.74) is 2.59. The third-order valence-corrected chi connectivity index (χ3v) is 5.37. The number of anilines is 1. The number of hydrogen-bond donors (Lipinski definition) is 2. The molecule has 0 bridgehead atoms. The van der Waals surface area contributed by atoms with E-state index >= 15 is 0 Å². The molecule has 28 heavy (non-hydrogen) atoms. The van der Waals surface area contributed by atoms with Crippen molar-refractivity contribution in [2.24, 2.45) is 0 Å². The van der Waals surface area contributed by atoms with Gasteiger partial charge in [-0.1, -0.05) is 30.3 Å². The predicted molar refractivity (Wildman–Crippen MR) is 110 cm³/mol. The minimum Gasteiger partial charge on any atom is -0.322 e. The summed E-state index contributed by atoms with van der Waals surface area (Å²) in [6.45, 7) is 0. The van der Waals surface area contributed by atoms with Gasteiger partial charge in [0.05, 0.1) is 10.6 Å². The Morgan fingerprint density at radius 1 is 0.964 bits per heavy atom. The molecule has 0 atom stereocenters. The third-order valence-electron chi connectivity index (χ3n) is 3.95. The van der Waals surface area contributed by atoms with E-state index in [2.05, 4.69) is 15.0 Å². The van der Waals surface area contributed by atoms with Crippen molar-refractivity contribution in [3.63, 3.8) is 0 Å². The lowest BCUT2D eigenvalue weighted by Crippen LogP contribution is -2.19. The fourth-order valence-electron chi connectivity index (χ4n) is 2.50. The van der Waals surface area contributed by atoms with Crippen molar-refractivity contribution in [3.05, 3.63) is 89.7 Å². The molecule has 0 spiro atoms. The van der Waals surface area contributed by atoms with Crippen LogP contribution in [0.3, 0.4) is 0 Å². The Balaban J connectivity index is 1.76. The minimum atomic E-state index is -3.61. The Kier molecular flexibility index (Phi) is 5.98. The van der Waals surface area contributed by atoms with Crippen molar-refractivity contribution in [2.75, 3.05) is 12.4 Å². The molecule has 0 unspecified atom stereocenters. The van der Waals surface area contributed by atoms with Crippen LogP contribution >= 0.6 is 0 Å². The van der Waals surface area contributed by atoms with Gasteiger partial charge in [-0.25, -0.2) is 13.1 Å². The van der Waals surface area contributed by atoms with Gasteiger partial charge in [-0.3, -0.25) is 9.78 Å². The van der Waals surface area contributed by atoms with E-state index in [1.54, 1.807) is 18.3 Å². The summed E-state index contributed by atoms with van der Waals surface area (Å²) in [6.07, 6.45) is 5.50. The first-order chi connectivity index (χ1) is 13.5. The van der Waals surface area contributed by atoms with E-state index in [4.69, 9.17) is 0 Å². The molecule has 2 aromatic carbocycles. The smallest absolute Gasteiger partial charge is 0.255 e. The summed E-state index contributed by atoms with van der Waals surface area (Å²) in [5.74, 6) is -0.390. The van der Waals surface area contributed by atoms with E-state index in [9.17, 15) is 13.2 Å². The number of nitrogens with one attached hydrogen (secondary N) is 2. The molecule has 7 heteroatoms. The van der Waals surface area contributed by atoms with Gasteiger partial charge in [-0.15, -0.1) is 0 Å². The average Bonchev–Trinajstić information content (AvgIpc) is 2.73. The first kappa shape index (κ1) is 19.5. The standard InChI is InChI=1S/C21H19N3O3S/c1-22-28(26,27)20-10-5-7-17(15-20)21(25)24-19-9-4-6-16(14-19)11-12-18-8-2-3-13-23-18/h2-15,22H,1H3,(H,24,25). The molecule has 1 aromatic heterocycles. The molecule has 3 aromatic rings. The number of benzene rings is 2. The summed E-state index contributed by atoms with van der Waals surface area (Å²) in [5, 5.41) is 2.79. The molecule has 1 amide bonds. The molecule has 0 radical (unpaired) electrons. The Morgan fingerprint density at radius 3 is 2.54 bits per heavy atom. The molecule has 0 aliphatic heterocycles. The Bertz CT molecular complexity index is 1110. The SMILES string of the molecule is CNS(=O)(=O)c1cccc(C(=O)Nc2cccc(C=Cc3ccccn3)c2)c1. The summed E-state index contributed by atoms with van der Waals surface area (Å²) >= 11 is 0. The van der Waals surface area contributed by atoms with E-state index in [0.717, 1.165) is 11.3 Å². The molecule has 6 nitrogen and oxygen atoms in total. The number of amides is 1. The van der Waals surface area contributed by atoms with Crippen LogP contribution < -0.4 is 10.0 Å². The fourth-order valence-corrected chi connectivity index (χ4v) is 3.28. The van der Waals surface area contributed by atoms with Gasteiger partial charge in [0, 0.05) is 17.4 Å². The maximum atomic E-state index is 12.5. The topological polar surface area (TPSA) is 88.2 Å². The molecular weight excluding hydrogens is 374 g/mol. The molecule has 0 fully saturated rings. The van der Waals surface area contributed by atoms with Gasteiger partial charge in [0.15, 0.2) is 0 Å². The summed E-state index contributed by atoms with van der Waals surface area (Å²) in [4.78, 5) is 16.8. The van der Waals surface area contributed by atoms with Crippen LogP contribution in [-0.2, 0) is 10.0 Å². The molecule has 0 aliphatic carbocycles. The van der Waals surface area contributed by atoms with Gasteiger partial charge in [-0.2, -0.15) is 0 Å². The van der Waals surface area contributed by atoms with E-state index in [1.807, 2.05) is 48.6 Å². The van der Waals surface area contributed by atoms with Crippen molar-refractivity contribution < 1.29 is 13.2 Å². The zero-order chi connectivity index (χ0) is 20.0. The van der Waals surface area contributed by atoms with E-state index < -0.39 is 10.0 Å². The minimum absolute atomic E-state index is 0.0368. The number of carbonyl (C=O) groups is 1. The van der Waals surface area contributed by atoms with E-state index in [-0.39, 0.29) is 16.4 Å². The van der Waals surface area contributed by atoms with Gasteiger partial charge in [-0.05, 0) is 61.2 Å². The van der Waals surface area contributed by atoms with Crippen LogP contribution in [0.25, 0.3) is 12.2 Å². The van der Waals surface area contributed by atoms with Crippen LogP contribution in [0.2, 0.25) is 0 Å². The zero-order valence-electron chi connectivity index (χ0n) is 15.2. The number of hydrogen-bond acceptors (Lipinski definition) is 4. The van der Waals surface area contributed by atoms with E-state index in [1.165, 1.54) is 25.2 Å². The number of nitrogens with zero attached hydrogens (tertiary/aromatic N) is 1. The van der Waals surface area contributed by atoms with Gasteiger partial charge in [0.25, 0.3) is 5.91 Å². The van der Waals surface area contributed by atoms with Gasteiger partial charge < -0.3 is 5.32 Å². The fraction of sp³-hybridized carbons (Fsp3) is 0.0476. The maximum absolute atomic E-state index is 12.5. The Hall–Kier alpha value is -3.29. The predicted octanol–water partition coefficient (Wildman–Crippen LogP) is 3.41. The number of rotatable bonds is 6. The van der Waals surface area contributed by atoms with Crippen LogP contribution in [-0.4, -0.2) is 26.4 Å². The van der Waals surface area contributed by atoms with Crippen molar-refractivity contribution in [1.82, 2.24) is 9.71 Å². The van der Waals surface area contributed by atoms with Crippen molar-refractivity contribution in [1.29, 1.82) is 0 Å². The van der Waals surface area contributed by atoms with Crippen molar-refractivity contribution >= 4 is 33.8 Å². The quantitative estimate of drug-likeness (QED) is 0.672. The number of sulfonamides is 1. The van der Waals surface area contributed by atoms with E-state index in [0.29, 0.717) is 5.69 Å². The van der Waals surface area contributed by atoms with Crippen LogP contribution in [0.1, 0.15) is 21.6 Å². The number of carbonyl (C=O) groups excluding carboxylic acids is 1. The summed E-state index contributed by atoms with van der Waals surface area (Å²) in [7, 11) is -2.29. The van der Waals surface area contributed by atoms with Crippen LogP contribution in [0.15, 0.2) is 77.8 Å². The van der Waals surface area contributed by atoms with Crippen LogP contribution in [0, 0.1) is 0 Å². The van der Waals surface area contributed by atoms with Gasteiger partial charge in [0.1, 0.15) is 0 Å². The second-order valence-corrected chi connectivity index (χ2v) is 7.79. The van der Waals surface area contributed by atoms with Crippen molar-refractivity contribution in [2.45, 2.75) is 4.90 Å². The molecule has 0 saturated heterocycles. The highest BCUT2D eigenvalue weighted by atomic mass is 32.2. The van der Waals surface area contributed by atoms with Gasteiger partial charge in [0.2, 0.25) is 10.0 Å². The monoisotopic (exact) mass is 393 g/mol. The molecular formula is C21H19N3O3S. The van der Waals surface area contributed by atoms with Crippen LogP contribution in [0.4, 0.5) is 5.69 Å². The third kappa shape index (κ3) is 4.91. The van der Waals surface area contributed by atoms with Crippen LogP contribution in [0.5, 0.6) is 0 Å². The highest BCUT2D eigenvalue weighted by Crippen LogP contribution is 2.16. The Morgan fingerprint density at radius 2 is 1.79 bits per heavy atom. The normalized spacial score (nSPS) is 11.5. The molecule has 2 N–H and O–H groups in total. The first-order valence-corrected chi connectivity index (χ1v) is 10.0. The molecule has 1 heterocycles. The summed E-state index contributed by atoms with van der Waals surface area (Å²) < 4.78 is 26.1. The second kappa shape index (κ2) is 8.60. The first-order valence-electron chi connectivity index (χ1n) is 8.52. The lowest BCUT2D eigenvalue weighted by molar-refractivity contribution is 0.102. The molecule has 142 valence electrons. The molecule has 3 rings (SSSR count). The number of aromatic nitrogens is 1. The van der Waals surface area contributed by atoms with Crippen molar-refractivity contribution in [3.8, 4) is 0 Å². The Labute approximate surface area is 164 Å². The average molecular weight is 393 g/mol. The second-order valence-electron chi connectivity index (χ2n) is 5.90. The highest BCUT2D eigenvalue weighted by molar-refractivity contribution is 7.89. The maximum Gasteiger partial charge on any atom is 0.255 e. The summed E-state index contributed by atoms with van der Waals surface area (Å²) in [6, 6.07) is 18.9. The zero-order valence-corrected chi connectivity index (χ0v) is 16.0. The highest BCUT2D eigenvalue weighted by Gasteiger charge is 2.14. The lowest BCUT2D eigenvalue weighted by Gasteiger charge is -2.08. The molecule has 0 aliphatic rings. The van der Waals surface area contributed by atoms with Gasteiger partial charge >= 0.3 is 0 Å². The largest absolute Gasteiger partial charge is 0.322 e. The lowest BCUT2D eigenvalue weighted by atomic mass is 10.1. The molecule has 0 saturated carbocycles.